The predicted molar refractivity (Wildman–Crippen MR) is 57.4 cm³/mol. The first-order valence-corrected chi connectivity index (χ1v) is 5.80. The first-order valence-electron chi connectivity index (χ1n) is 4.86. The Morgan fingerprint density at radius 2 is 2.43 bits per heavy atom. The molecule has 3 N–H and O–H groups in total. The molecule has 1 fully saturated rings. The maximum absolute atomic E-state index is 11.6. The molecule has 1 aromatic rings. The lowest BCUT2D eigenvalue weighted by Crippen LogP contribution is -2.43. The average Bonchev–Trinajstić information content (AvgIpc) is 2.77. The number of nitrogens with two attached hydrogens (primary N) is 1. The number of hydrogen-bond acceptors (Lipinski definition) is 3. The summed E-state index contributed by atoms with van der Waals surface area (Å²) in [6.07, 6.45) is 3.15. The molecule has 1 aliphatic carbocycles. The van der Waals surface area contributed by atoms with Crippen LogP contribution in [0.5, 0.6) is 0 Å². The Bertz CT molecular complexity index is 310. The highest BCUT2D eigenvalue weighted by molar-refractivity contribution is 7.08. The van der Waals surface area contributed by atoms with Crippen LogP contribution in [0.25, 0.3) is 0 Å². The predicted octanol–water partition coefficient (Wildman–Crippen LogP) is 1.36. The van der Waals surface area contributed by atoms with Crippen LogP contribution >= 0.6 is 11.3 Å². The molecule has 1 heterocycles. The van der Waals surface area contributed by atoms with Gasteiger partial charge in [-0.25, -0.2) is 0 Å². The van der Waals surface area contributed by atoms with Crippen molar-refractivity contribution >= 4 is 17.2 Å². The lowest BCUT2D eigenvalue weighted by molar-refractivity contribution is 0.0935. The van der Waals surface area contributed by atoms with Crippen molar-refractivity contribution in [3.63, 3.8) is 0 Å². The van der Waals surface area contributed by atoms with Crippen molar-refractivity contribution in [2.24, 2.45) is 5.73 Å². The smallest absolute Gasteiger partial charge is 0.252 e. The van der Waals surface area contributed by atoms with Crippen molar-refractivity contribution in [2.45, 2.75) is 31.3 Å². The third kappa shape index (κ3) is 1.96. The Balaban J connectivity index is 1.95. The van der Waals surface area contributed by atoms with Gasteiger partial charge >= 0.3 is 0 Å². The minimum atomic E-state index is 0.00796. The Kier molecular flexibility index (Phi) is 2.84. The molecule has 1 aliphatic rings. The molecular formula is C10H14N2OS. The third-order valence-corrected chi connectivity index (χ3v) is 3.35. The van der Waals surface area contributed by atoms with Gasteiger partial charge in [0, 0.05) is 23.0 Å². The topological polar surface area (TPSA) is 55.1 Å². The number of amides is 1. The summed E-state index contributed by atoms with van der Waals surface area (Å²) in [5, 5.41) is 6.74. The van der Waals surface area contributed by atoms with Gasteiger partial charge in [-0.1, -0.05) is 0 Å². The molecule has 14 heavy (non-hydrogen) atoms. The SMILES string of the molecule is NC1CCCC1NC(=O)c1ccsc1. The van der Waals surface area contributed by atoms with Gasteiger partial charge in [0.2, 0.25) is 0 Å². The largest absolute Gasteiger partial charge is 0.348 e. The molecule has 1 amide bonds. The Labute approximate surface area is 87.3 Å². The van der Waals surface area contributed by atoms with Crippen molar-refractivity contribution in [3.8, 4) is 0 Å². The van der Waals surface area contributed by atoms with E-state index in [4.69, 9.17) is 5.73 Å². The number of rotatable bonds is 2. The summed E-state index contributed by atoms with van der Waals surface area (Å²) in [7, 11) is 0. The van der Waals surface area contributed by atoms with Crippen LogP contribution in [0, 0.1) is 0 Å². The van der Waals surface area contributed by atoms with E-state index in [1.54, 1.807) is 0 Å². The van der Waals surface area contributed by atoms with Gasteiger partial charge in [0.05, 0.1) is 0 Å². The maximum atomic E-state index is 11.6. The van der Waals surface area contributed by atoms with Gasteiger partial charge < -0.3 is 11.1 Å². The highest BCUT2D eigenvalue weighted by atomic mass is 32.1. The van der Waals surface area contributed by atoms with Gasteiger partial charge in [-0.15, -0.1) is 0 Å². The molecule has 0 radical (unpaired) electrons. The highest BCUT2D eigenvalue weighted by Crippen LogP contribution is 2.17. The number of thiophene rings is 1. The van der Waals surface area contributed by atoms with Crippen molar-refractivity contribution in [3.05, 3.63) is 22.4 Å². The second-order valence-electron chi connectivity index (χ2n) is 3.69. The monoisotopic (exact) mass is 210 g/mol. The van der Waals surface area contributed by atoms with Gasteiger partial charge in [0.15, 0.2) is 0 Å². The van der Waals surface area contributed by atoms with E-state index in [1.165, 1.54) is 11.3 Å². The second kappa shape index (κ2) is 4.11. The van der Waals surface area contributed by atoms with Crippen LogP contribution in [-0.4, -0.2) is 18.0 Å². The minimum absolute atomic E-state index is 0.00796. The first kappa shape index (κ1) is 9.68. The fourth-order valence-corrected chi connectivity index (χ4v) is 2.45. The first-order chi connectivity index (χ1) is 6.77. The molecule has 1 aromatic heterocycles. The van der Waals surface area contributed by atoms with Crippen LogP contribution in [0.2, 0.25) is 0 Å². The van der Waals surface area contributed by atoms with Crippen LogP contribution in [0.1, 0.15) is 29.6 Å². The van der Waals surface area contributed by atoms with E-state index in [0.29, 0.717) is 0 Å². The van der Waals surface area contributed by atoms with Crippen molar-refractivity contribution in [2.75, 3.05) is 0 Å². The van der Waals surface area contributed by atoms with Crippen molar-refractivity contribution < 1.29 is 4.79 Å². The summed E-state index contributed by atoms with van der Waals surface area (Å²) < 4.78 is 0. The van der Waals surface area contributed by atoms with E-state index >= 15 is 0 Å². The van der Waals surface area contributed by atoms with Gasteiger partial charge in [0.25, 0.3) is 5.91 Å². The summed E-state index contributed by atoms with van der Waals surface area (Å²) >= 11 is 1.53. The molecule has 0 aromatic carbocycles. The third-order valence-electron chi connectivity index (χ3n) is 2.67. The number of nitrogens with one attached hydrogen (secondary N) is 1. The number of carbonyl (C=O) groups is 1. The summed E-state index contributed by atoms with van der Waals surface area (Å²) in [5.41, 5.74) is 6.61. The second-order valence-corrected chi connectivity index (χ2v) is 4.47. The Hall–Kier alpha value is -0.870. The van der Waals surface area contributed by atoms with E-state index < -0.39 is 0 Å². The molecule has 2 unspecified atom stereocenters. The Morgan fingerprint density at radius 1 is 1.57 bits per heavy atom. The van der Waals surface area contributed by atoms with Crippen LogP contribution in [0.15, 0.2) is 16.8 Å². The number of carbonyl (C=O) groups excluding carboxylic acids is 1. The van der Waals surface area contributed by atoms with Gasteiger partial charge in [0.1, 0.15) is 0 Å². The molecule has 0 bridgehead atoms. The molecule has 0 saturated heterocycles. The number of hydrogen-bond donors (Lipinski definition) is 2. The van der Waals surface area contributed by atoms with E-state index in [0.717, 1.165) is 24.8 Å². The standard InChI is InChI=1S/C10H14N2OS/c11-8-2-1-3-9(8)12-10(13)7-4-5-14-6-7/h4-6,8-9H,1-3,11H2,(H,12,13). The summed E-state index contributed by atoms with van der Waals surface area (Å²) in [5.74, 6) is 0.00796. The van der Waals surface area contributed by atoms with Crippen molar-refractivity contribution in [1.82, 2.24) is 5.32 Å². The summed E-state index contributed by atoms with van der Waals surface area (Å²) in [4.78, 5) is 11.6. The zero-order chi connectivity index (χ0) is 9.97. The molecule has 76 valence electrons. The zero-order valence-electron chi connectivity index (χ0n) is 7.90. The molecule has 1 saturated carbocycles. The zero-order valence-corrected chi connectivity index (χ0v) is 8.72. The van der Waals surface area contributed by atoms with E-state index in [1.807, 2.05) is 16.8 Å². The van der Waals surface area contributed by atoms with Crippen LogP contribution < -0.4 is 11.1 Å². The lowest BCUT2D eigenvalue weighted by Gasteiger charge is -2.16. The Morgan fingerprint density at radius 3 is 3.00 bits per heavy atom. The molecule has 2 atom stereocenters. The molecule has 0 aliphatic heterocycles. The van der Waals surface area contributed by atoms with E-state index in [-0.39, 0.29) is 18.0 Å². The molecule has 2 rings (SSSR count). The highest BCUT2D eigenvalue weighted by Gasteiger charge is 2.25. The normalized spacial score (nSPS) is 26.4. The van der Waals surface area contributed by atoms with Crippen LogP contribution in [0.4, 0.5) is 0 Å². The molecule has 4 heteroatoms. The quantitative estimate of drug-likeness (QED) is 0.774. The fraction of sp³-hybridized carbons (Fsp3) is 0.500. The van der Waals surface area contributed by atoms with E-state index in [9.17, 15) is 4.79 Å². The average molecular weight is 210 g/mol. The summed E-state index contributed by atoms with van der Waals surface area (Å²) in [6, 6.07) is 2.14. The van der Waals surface area contributed by atoms with Gasteiger partial charge in [-0.3, -0.25) is 4.79 Å². The summed E-state index contributed by atoms with van der Waals surface area (Å²) in [6.45, 7) is 0. The lowest BCUT2D eigenvalue weighted by atomic mass is 10.2. The van der Waals surface area contributed by atoms with Crippen LogP contribution in [-0.2, 0) is 0 Å². The maximum Gasteiger partial charge on any atom is 0.252 e. The van der Waals surface area contributed by atoms with Crippen LogP contribution in [0.3, 0.4) is 0 Å². The van der Waals surface area contributed by atoms with E-state index in [2.05, 4.69) is 5.32 Å². The van der Waals surface area contributed by atoms with Gasteiger partial charge in [-0.05, 0) is 30.7 Å². The minimum Gasteiger partial charge on any atom is -0.348 e. The molecule has 3 nitrogen and oxygen atoms in total. The molecule has 0 spiro atoms. The van der Waals surface area contributed by atoms with Gasteiger partial charge in [-0.2, -0.15) is 11.3 Å². The van der Waals surface area contributed by atoms with Crippen molar-refractivity contribution in [1.29, 1.82) is 0 Å². The fourth-order valence-electron chi connectivity index (χ4n) is 1.81. The molecular weight excluding hydrogens is 196 g/mol.